The third kappa shape index (κ3) is 3.58. The predicted octanol–water partition coefficient (Wildman–Crippen LogP) is 1.34. The average molecular weight is 296 g/mol. The van der Waals surface area contributed by atoms with Gasteiger partial charge in [0, 0.05) is 17.9 Å². The van der Waals surface area contributed by atoms with Crippen LogP contribution in [0.25, 0.3) is 0 Å². The predicted molar refractivity (Wildman–Crippen MR) is 78.5 cm³/mol. The SMILES string of the molecule is Cc1ccc(S(C)(=O)=O)cc1NC(=O)C1CCNCC1. The van der Waals surface area contributed by atoms with Crippen LogP contribution < -0.4 is 10.6 Å². The smallest absolute Gasteiger partial charge is 0.227 e. The Hall–Kier alpha value is -1.40. The van der Waals surface area contributed by atoms with Crippen molar-refractivity contribution >= 4 is 21.4 Å². The van der Waals surface area contributed by atoms with E-state index < -0.39 is 9.84 Å². The second kappa shape index (κ2) is 5.93. The molecule has 1 fully saturated rings. The van der Waals surface area contributed by atoms with Gasteiger partial charge >= 0.3 is 0 Å². The zero-order chi connectivity index (χ0) is 14.8. The fourth-order valence-corrected chi connectivity index (χ4v) is 2.93. The largest absolute Gasteiger partial charge is 0.326 e. The lowest BCUT2D eigenvalue weighted by Gasteiger charge is -2.22. The number of carbonyl (C=O) groups is 1. The molecule has 0 bridgehead atoms. The van der Waals surface area contributed by atoms with Crippen molar-refractivity contribution in [2.45, 2.75) is 24.7 Å². The highest BCUT2D eigenvalue weighted by atomic mass is 32.2. The van der Waals surface area contributed by atoms with Gasteiger partial charge in [-0.1, -0.05) is 6.07 Å². The first-order valence-electron chi connectivity index (χ1n) is 6.70. The molecule has 0 spiro atoms. The maximum absolute atomic E-state index is 12.2. The molecule has 2 N–H and O–H groups in total. The van der Waals surface area contributed by atoms with Crippen LogP contribution in [0.3, 0.4) is 0 Å². The molecule has 5 nitrogen and oxygen atoms in total. The van der Waals surface area contributed by atoms with Crippen molar-refractivity contribution < 1.29 is 13.2 Å². The van der Waals surface area contributed by atoms with Crippen LogP contribution in [0.1, 0.15) is 18.4 Å². The van der Waals surface area contributed by atoms with Gasteiger partial charge in [0.25, 0.3) is 0 Å². The average Bonchev–Trinajstić information content (AvgIpc) is 2.41. The first-order chi connectivity index (χ1) is 9.38. The molecule has 1 aliphatic rings. The summed E-state index contributed by atoms with van der Waals surface area (Å²) in [4.78, 5) is 12.4. The van der Waals surface area contributed by atoms with E-state index in [2.05, 4.69) is 10.6 Å². The van der Waals surface area contributed by atoms with Crippen LogP contribution in [0.4, 0.5) is 5.69 Å². The van der Waals surface area contributed by atoms with E-state index in [0.29, 0.717) is 5.69 Å². The van der Waals surface area contributed by atoms with E-state index in [1.807, 2.05) is 6.92 Å². The summed E-state index contributed by atoms with van der Waals surface area (Å²) in [6.45, 7) is 3.55. The van der Waals surface area contributed by atoms with Gasteiger partial charge in [0.2, 0.25) is 5.91 Å². The summed E-state index contributed by atoms with van der Waals surface area (Å²) in [5, 5.41) is 6.08. The summed E-state index contributed by atoms with van der Waals surface area (Å²) in [5.74, 6) is -0.0298. The number of sulfone groups is 1. The van der Waals surface area contributed by atoms with Crippen molar-refractivity contribution in [3.63, 3.8) is 0 Å². The van der Waals surface area contributed by atoms with Crippen molar-refractivity contribution in [2.24, 2.45) is 5.92 Å². The van der Waals surface area contributed by atoms with E-state index in [-0.39, 0.29) is 16.7 Å². The van der Waals surface area contributed by atoms with E-state index in [4.69, 9.17) is 0 Å². The number of carbonyl (C=O) groups excluding carboxylic acids is 1. The van der Waals surface area contributed by atoms with Crippen molar-refractivity contribution in [3.05, 3.63) is 23.8 Å². The number of piperidine rings is 1. The minimum atomic E-state index is -3.26. The Morgan fingerprint density at radius 2 is 1.95 bits per heavy atom. The summed E-state index contributed by atoms with van der Waals surface area (Å²) in [6.07, 6.45) is 2.80. The Balaban J connectivity index is 2.18. The highest BCUT2D eigenvalue weighted by molar-refractivity contribution is 7.90. The summed E-state index contributed by atoms with van der Waals surface area (Å²) in [5.41, 5.74) is 1.44. The molecule has 0 aromatic heterocycles. The topological polar surface area (TPSA) is 75.3 Å². The lowest BCUT2D eigenvalue weighted by molar-refractivity contribution is -0.120. The molecular formula is C14H20N2O3S. The standard InChI is InChI=1S/C14H20N2O3S/c1-10-3-4-12(20(2,18)19)9-13(10)16-14(17)11-5-7-15-8-6-11/h3-4,9,11,15H,5-8H2,1-2H3,(H,16,17). The number of benzene rings is 1. The van der Waals surface area contributed by atoms with Crippen LogP contribution in [-0.4, -0.2) is 33.7 Å². The number of anilines is 1. The van der Waals surface area contributed by atoms with Gasteiger partial charge in [-0.15, -0.1) is 0 Å². The summed E-state index contributed by atoms with van der Waals surface area (Å²) >= 11 is 0. The van der Waals surface area contributed by atoms with Crippen molar-refractivity contribution in [2.75, 3.05) is 24.7 Å². The molecule has 0 saturated carbocycles. The lowest BCUT2D eigenvalue weighted by Crippen LogP contribution is -2.34. The minimum absolute atomic E-state index is 0.00228. The second-order valence-corrected chi connectivity index (χ2v) is 7.28. The molecule has 0 unspecified atom stereocenters. The summed E-state index contributed by atoms with van der Waals surface area (Å²) in [6, 6.07) is 4.81. The van der Waals surface area contributed by atoms with Gasteiger partial charge < -0.3 is 10.6 Å². The highest BCUT2D eigenvalue weighted by Crippen LogP contribution is 2.22. The van der Waals surface area contributed by atoms with Gasteiger partial charge in [0.15, 0.2) is 9.84 Å². The third-order valence-corrected chi connectivity index (χ3v) is 4.72. The van der Waals surface area contributed by atoms with Crippen LogP contribution in [0, 0.1) is 12.8 Å². The molecule has 2 rings (SSSR count). The van der Waals surface area contributed by atoms with Gasteiger partial charge in [-0.3, -0.25) is 4.79 Å². The summed E-state index contributed by atoms with van der Waals surface area (Å²) in [7, 11) is -3.26. The Morgan fingerprint density at radius 3 is 2.55 bits per heavy atom. The molecule has 20 heavy (non-hydrogen) atoms. The molecule has 110 valence electrons. The van der Waals surface area contributed by atoms with Crippen molar-refractivity contribution in [1.29, 1.82) is 0 Å². The Bertz CT molecular complexity index is 605. The van der Waals surface area contributed by atoms with E-state index >= 15 is 0 Å². The minimum Gasteiger partial charge on any atom is -0.326 e. The molecule has 0 atom stereocenters. The zero-order valence-electron chi connectivity index (χ0n) is 11.8. The Kier molecular flexibility index (Phi) is 4.45. The fourth-order valence-electron chi connectivity index (χ4n) is 2.29. The molecular weight excluding hydrogens is 276 g/mol. The fraction of sp³-hybridized carbons (Fsp3) is 0.500. The molecule has 1 amide bonds. The number of rotatable bonds is 3. The molecule has 0 radical (unpaired) electrons. The van der Waals surface area contributed by atoms with Gasteiger partial charge in [0.05, 0.1) is 4.90 Å². The lowest BCUT2D eigenvalue weighted by atomic mass is 9.97. The molecule has 1 heterocycles. The number of nitrogens with one attached hydrogen (secondary N) is 2. The first-order valence-corrected chi connectivity index (χ1v) is 8.59. The third-order valence-electron chi connectivity index (χ3n) is 3.60. The zero-order valence-corrected chi connectivity index (χ0v) is 12.6. The van der Waals surface area contributed by atoms with Crippen LogP contribution in [-0.2, 0) is 14.6 Å². The van der Waals surface area contributed by atoms with E-state index in [1.54, 1.807) is 12.1 Å². The van der Waals surface area contributed by atoms with Crippen molar-refractivity contribution in [3.8, 4) is 0 Å². The van der Waals surface area contributed by atoms with Gasteiger partial charge in [-0.05, 0) is 50.6 Å². The van der Waals surface area contributed by atoms with Crippen LogP contribution >= 0.6 is 0 Å². The van der Waals surface area contributed by atoms with E-state index in [9.17, 15) is 13.2 Å². The Labute approximate surface area is 119 Å². The molecule has 1 aromatic rings. The number of amides is 1. The van der Waals surface area contributed by atoms with Crippen LogP contribution in [0.15, 0.2) is 23.1 Å². The molecule has 1 aliphatic heterocycles. The Morgan fingerprint density at radius 1 is 1.30 bits per heavy atom. The van der Waals surface area contributed by atoms with Gasteiger partial charge in [-0.2, -0.15) is 0 Å². The number of aryl methyl sites for hydroxylation is 1. The molecule has 0 aliphatic carbocycles. The van der Waals surface area contributed by atoms with Crippen molar-refractivity contribution in [1.82, 2.24) is 5.32 Å². The van der Waals surface area contributed by atoms with Crippen LogP contribution in [0.5, 0.6) is 0 Å². The number of hydrogen-bond donors (Lipinski definition) is 2. The highest BCUT2D eigenvalue weighted by Gasteiger charge is 2.21. The van der Waals surface area contributed by atoms with Crippen LogP contribution in [0.2, 0.25) is 0 Å². The molecule has 1 saturated heterocycles. The maximum Gasteiger partial charge on any atom is 0.227 e. The quantitative estimate of drug-likeness (QED) is 0.882. The normalized spacial score (nSPS) is 16.9. The first kappa shape index (κ1) is 15.0. The summed E-state index contributed by atoms with van der Waals surface area (Å²) < 4.78 is 23.1. The van der Waals surface area contributed by atoms with Gasteiger partial charge in [0.1, 0.15) is 0 Å². The monoisotopic (exact) mass is 296 g/mol. The maximum atomic E-state index is 12.2. The second-order valence-electron chi connectivity index (χ2n) is 5.26. The number of hydrogen-bond acceptors (Lipinski definition) is 4. The van der Waals surface area contributed by atoms with Gasteiger partial charge in [-0.25, -0.2) is 8.42 Å². The molecule has 1 aromatic carbocycles. The molecule has 6 heteroatoms. The van der Waals surface area contributed by atoms with E-state index in [0.717, 1.165) is 37.8 Å². The van der Waals surface area contributed by atoms with E-state index in [1.165, 1.54) is 6.07 Å².